The Morgan fingerprint density at radius 1 is 1.00 bits per heavy atom. The summed E-state index contributed by atoms with van der Waals surface area (Å²) in [4.78, 5) is 8.78. The van der Waals surface area contributed by atoms with Crippen LogP contribution in [0, 0.1) is 0 Å². The minimum absolute atomic E-state index is 0.631. The molecule has 0 saturated heterocycles. The number of amides is 1. The highest BCUT2D eigenvalue weighted by Crippen LogP contribution is 2.48. The molecular formula is C12H32N2O5S4Si. The van der Waals surface area contributed by atoms with Gasteiger partial charge < -0.3 is 29.9 Å². The molecule has 0 aromatic carbocycles. The van der Waals surface area contributed by atoms with E-state index >= 15 is 0 Å². The Hall–Kier alpha value is 0.727. The summed E-state index contributed by atoms with van der Waals surface area (Å²) in [5.41, 5.74) is 8.88. The highest BCUT2D eigenvalue weighted by Gasteiger charge is 2.43. The Morgan fingerprint density at radius 3 is 1.67 bits per heavy atom. The Kier molecular flexibility index (Phi) is 29.2. The fourth-order valence-corrected chi connectivity index (χ4v) is 15.0. The van der Waals surface area contributed by atoms with Gasteiger partial charge in [0, 0.05) is 25.6 Å². The first-order valence-electron chi connectivity index (χ1n) is 7.63. The lowest BCUT2D eigenvalue weighted by atomic mass is 10.6. The van der Waals surface area contributed by atoms with Crippen LogP contribution in [0.4, 0.5) is 4.79 Å². The van der Waals surface area contributed by atoms with Crippen molar-refractivity contribution < 1.29 is 23.2 Å². The summed E-state index contributed by atoms with van der Waals surface area (Å²) in [7, 11) is 4.45. The molecule has 0 heterocycles. The molecule has 7 nitrogen and oxygen atoms in total. The van der Waals surface area contributed by atoms with Gasteiger partial charge in [-0.15, -0.1) is 0 Å². The van der Waals surface area contributed by atoms with E-state index in [1.54, 1.807) is 29.9 Å². The van der Waals surface area contributed by atoms with Crippen molar-refractivity contribution in [3.8, 4) is 0 Å². The van der Waals surface area contributed by atoms with Crippen LogP contribution in [0.15, 0.2) is 0 Å². The highest BCUT2D eigenvalue weighted by atomic mass is 33.7. The Balaban J connectivity index is -0.000000531. The molecule has 0 aromatic heterocycles. The maximum Gasteiger partial charge on any atom is 0.585 e. The third-order valence-electron chi connectivity index (χ3n) is 1.46. The third kappa shape index (κ3) is 25.0. The van der Waals surface area contributed by atoms with Crippen LogP contribution in [0.25, 0.3) is 0 Å². The van der Waals surface area contributed by atoms with E-state index in [2.05, 4.69) is 12.7 Å². The average molecular weight is 441 g/mol. The molecule has 0 atom stereocenters. The van der Waals surface area contributed by atoms with Crippen LogP contribution in [-0.4, -0.2) is 51.3 Å². The monoisotopic (exact) mass is 440 g/mol. The van der Waals surface area contributed by atoms with Crippen LogP contribution in [0.1, 0.15) is 41.0 Å². The minimum atomic E-state index is -2.51. The quantitative estimate of drug-likeness (QED) is 0.231. The van der Waals surface area contributed by atoms with Crippen LogP contribution < -0.4 is 11.5 Å². The van der Waals surface area contributed by atoms with Gasteiger partial charge in [0.05, 0.1) is 0 Å². The van der Waals surface area contributed by atoms with Crippen molar-refractivity contribution in [3.05, 3.63) is 0 Å². The van der Waals surface area contributed by atoms with E-state index < -0.39 is 14.0 Å². The van der Waals surface area contributed by atoms with Gasteiger partial charge in [0.25, 0.3) is 0 Å². The SMILES string of the molecule is CCCSSSS[Si](OCC)(OCC)OCC.CCN.NC(=O)O. The van der Waals surface area contributed by atoms with Gasteiger partial charge in [-0.3, -0.25) is 0 Å². The number of carboxylic acid groups (broad SMARTS) is 1. The topological polar surface area (TPSA) is 117 Å². The average Bonchev–Trinajstić information content (AvgIpc) is 2.48. The fraction of sp³-hybridized carbons (Fsp3) is 0.917. The molecule has 0 radical (unpaired) electrons. The molecule has 0 fully saturated rings. The highest BCUT2D eigenvalue weighted by molar-refractivity contribution is 9.28. The van der Waals surface area contributed by atoms with E-state index in [0.29, 0.717) is 19.8 Å². The van der Waals surface area contributed by atoms with Crippen LogP contribution in [-0.2, 0) is 13.3 Å². The lowest BCUT2D eigenvalue weighted by Crippen LogP contribution is -2.42. The summed E-state index contributed by atoms with van der Waals surface area (Å²) in [6.45, 7) is 12.7. The maximum atomic E-state index is 8.78. The van der Waals surface area contributed by atoms with Crippen LogP contribution in [0.5, 0.6) is 0 Å². The normalized spacial score (nSPS) is 10.2. The molecule has 0 unspecified atom stereocenters. The summed E-state index contributed by atoms with van der Waals surface area (Å²) in [6.07, 6.45) is -0.131. The standard InChI is InChI=1S/C9H22O3S4Si.C2H7N.CH3NO2/c1-5-9-13-14-15-16-17(10-6-2,11-7-3)12-8-4;1-2-3;2-1(3)4/h5-9H2,1-4H3;2-3H2,1H3;2H2,(H,3,4). The number of nitrogens with two attached hydrogens (primary N) is 2. The zero-order chi connectivity index (χ0) is 19.3. The molecule has 12 heteroatoms. The molecule has 0 rings (SSSR count). The number of rotatable bonds is 12. The van der Waals surface area contributed by atoms with Crippen molar-refractivity contribution in [2.24, 2.45) is 11.5 Å². The van der Waals surface area contributed by atoms with Crippen molar-refractivity contribution in [3.63, 3.8) is 0 Å². The van der Waals surface area contributed by atoms with Gasteiger partial charge in [0.2, 0.25) is 0 Å². The molecule has 0 spiro atoms. The number of hydrogen-bond acceptors (Lipinski definition) is 9. The first kappa shape index (κ1) is 29.5. The predicted molar refractivity (Wildman–Crippen MR) is 113 cm³/mol. The molecule has 0 saturated carbocycles. The molecule has 148 valence electrons. The van der Waals surface area contributed by atoms with Gasteiger partial charge in [0.15, 0.2) is 0 Å². The van der Waals surface area contributed by atoms with E-state index in [1.165, 1.54) is 12.2 Å². The van der Waals surface area contributed by atoms with E-state index in [4.69, 9.17) is 28.9 Å². The van der Waals surface area contributed by atoms with E-state index in [1.807, 2.05) is 38.5 Å². The second-order valence-electron chi connectivity index (χ2n) is 3.59. The van der Waals surface area contributed by atoms with Gasteiger partial charge >= 0.3 is 14.0 Å². The molecular weight excluding hydrogens is 408 g/mol. The molecule has 24 heavy (non-hydrogen) atoms. The van der Waals surface area contributed by atoms with Crippen LogP contribution >= 0.6 is 40.7 Å². The zero-order valence-electron chi connectivity index (χ0n) is 15.1. The lowest BCUT2D eigenvalue weighted by molar-refractivity contribution is 0.0971. The molecule has 0 bridgehead atoms. The predicted octanol–water partition coefficient (Wildman–Crippen LogP) is 4.21. The summed E-state index contributed by atoms with van der Waals surface area (Å²) >= 11 is 0. The molecule has 0 aliphatic rings. The second kappa shape index (κ2) is 23.7. The van der Waals surface area contributed by atoms with Gasteiger partial charge in [-0.05, 0) is 63.6 Å². The number of primary amides is 1. The smallest absolute Gasteiger partial charge is 0.465 e. The van der Waals surface area contributed by atoms with Crippen molar-refractivity contribution in [2.45, 2.75) is 41.0 Å². The summed E-state index contributed by atoms with van der Waals surface area (Å²) in [6, 6.07) is 0. The largest absolute Gasteiger partial charge is 0.585 e. The number of carbonyl (C=O) groups is 1. The Bertz CT molecular complexity index is 251. The van der Waals surface area contributed by atoms with Gasteiger partial charge in [0.1, 0.15) is 0 Å². The van der Waals surface area contributed by atoms with Crippen molar-refractivity contribution in [2.75, 3.05) is 32.1 Å². The third-order valence-corrected chi connectivity index (χ3v) is 14.4. The Labute approximate surface area is 162 Å². The lowest BCUT2D eigenvalue weighted by Gasteiger charge is -2.25. The summed E-state index contributed by atoms with van der Waals surface area (Å²) in [5.74, 6) is 1.17. The minimum Gasteiger partial charge on any atom is -0.465 e. The first-order chi connectivity index (χ1) is 11.4. The molecule has 0 aromatic rings. The van der Waals surface area contributed by atoms with E-state index in [9.17, 15) is 0 Å². The fourth-order valence-electron chi connectivity index (χ4n) is 0.920. The molecule has 5 N–H and O–H groups in total. The summed E-state index contributed by atoms with van der Waals surface area (Å²) < 4.78 is 17.2. The first-order valence-corrected chi connectivity index (χ1v) is 15.1. The zero-order valence-corrected chi connectivity index (χ0v) is 19.4. The maximum absolute atomic E-state index is 8.78. The summed E-state index contributed by atoms with van der Waals surface area (Å²) in [5, 5.41) is 7.19. The van der Waals surface area contributed by atoms with E-state index in [0.717, 1.165) is 6.54 Å². The van der Waals surface area contributed by atoms with Crippen LogP contribution in [0.3, 0.4) is 0 Å². The van der Waals surface area contributed by atoms with Crippen molar-refractivity contribution >= 4 is 54.7 Å². The van der Waals surface area contributed by atoms with E-state index in [-0.39, 0.29) is 0 Å². The molecule has 0 aliphatic heterocycles. The van der Waals surface area contributed by atoms with Crippen LogP contribution in [0.2, 0.25) is 0 Å². The molecule has 0 aliphatic carbocycles. The number of hydrogen-bond donors (Lipinski definition) is 3. The van der Waals surface area contributed by atoms with Crippen molar-refractivity contribution in [1.29, 1.82) is 0 Å². The molecule has 1 amide bonds. The second-order valence-corrected chi connectivity index (χ2v) is 14.0. The van der Waals surface area contributed by atoms with Gasteiger partial charge in [-0.2, -0.15) is 0 Å². The van der Waals surface area contributed by atoms with Gasteiger partial charge in [-0.25, -0.2) is 4.79 Å². The Morgan fingerprint density at radius 2 is 1.38 bits per heavy atom. The van der Waals surface area contributed by atoms with Crippen molar-refractivity contribution in [1.82, 2.24) is 0 Å². The van der Waals surface area contributed by atoms with Gasteiger partial charge in [-0.1, -0.05) is 24.6 Å².